The largest absolute Gasteiger partial charge is 0.383 e. The van der Waals surface area contributed by atoms with Crippen molar-refractivity contribution in [2.75, 3.05) is 42.8 Å². The number of urea groups is 1. The maximum atomic E-state index is 13.5. The van der Waals surface area contributed by atoms with Crippen LogP contribution in [-0.2, 0) is 14.4 Å². The van der Waals surface area contributed by atoms with E-state index in [1.54, 1.807) is 41.2 Å². The lowest BCUT2D eigenvalue weighted by atomic mass is 10.1. The zero-order valence-electron chi connectivity index (χ0n) is 15.4. The summed E-state index contributed by atoms with van der Waals surface area (Å²) < 4.78 is 5.18. The molecule has 2 aliphatic heterocycles. The van der Waals surface area contributed by atoms with E-state index in [-0.39, 0.29) is 11.9 Å². The molecule has 2 aliphatic rings. The summed E-state index contributed by atoms with van der Waals surface area (Å²) in [6.45, 7) is 1.35. The topological polar surface area (TPSA) is 61.9 Å². The van der Waals surface area contributed by atoms with Crippen molar-refractivity contribution in [2.45, 2.75) is 4.87 Å². The highest BCUT2D eigenvalue weighted by molar-refractivity contribution is 8.01. The summed E-state index contributed by atoms with van der Waals surface area (Å²) in [6, 6.07) is 14.3. The second kappa shape index (κ2) is 7.66. The van der Waals surface area contributed by atoms with Crippen LogP contribution in [-0.4, -0.2) is 49.4 Å². The van der Waals surface area contributed by atoms with Crippen LogP contribution in [0.1, 0.15) is 5.56 Å². The molecule has 0 aromatic heterocycles. The molecule has 0 saturated carbocycles. The molecule has 2 aromatic rings. The van der Waals surface area contributed by atoms with Gasteiger partial charge in [0.05, 0.1) is 12.3 Å². The van der Waals surface area contributed by atoms with Gasteiger partial charge in [0.1, 0.15) is 0 Å². The molecule has 0 aliphatic carbocycles. The molecule has 1 fully saturated rings. The highest BCUT2D eigenvalue weighted by atomic mass is 35.5. The summed E-state index contributed by atoms with van der Waals surface area (Å²) in [5, 5.41) is 3.42. The van der Waals surface area contributed by atoms with Crippen LogP contribution in [0.5, 0.6) is 0 Å². The van der Waals surface area contributed by atoms with E-state index in [0.717, 1.165) is 11.3 Å². The van der Waals surface area contributed by atoms with Gasteiger partial charge >= 0.3 is 6.03 Å². The molecule has 2 aromatic carbocycles. The van der Waals surface area contributed by atoms with E-state index >= 15 is 0 Å². The first-order valence-electron chi connectivity index (χ1n) is 8.96. The van der Waals surface area contributed by atoms with Crippen LogP contribution in [0.25, 0.3) is 0 Å². The van der Waals surface area contributed by atoms with Gasteiger partial charge in [-0.25, -0.2) is 4.79 Å². The third-order valence-corrected chi connectivity index (χ3v) is 6.60. The summed E-state index contributed by atoms with van der Waals surface area (Å²) in [7, 11) is 1.61. The summed E-state index contributed by atoms with van der Waals surface area (Å²) in [5.41, 5.74) is 2.28. The second-order valence-corrected chi connectivity index (χ2v) is 8.28. The molecule has 0 radical (unpaired) electrons. The van der Waals surface area contributed by atoms with Crippen molar-refractivity contribution in [1.29, 1.82) is 0 Å². The number of para-hydroxylation sites is 1. The first kappa shape index (κ1) is 19.1. The van der Waals surface area contributed by atoms with Gasteiger partial charge in [0.15, 0.2) is 4.87 Å². The molecule has 0 bridgehead atoms. The third-order valence-electron chi connectivity index (χ3n) is 4.94. The van der Waals surface area contributed by atoms with Gasteiger partial charge in [-0.15, -0.1) is 11.8 Å². The predicted molar refractivity (Wildman–Crippen MR) is 112 cm³/mol. The number of halogens is 1. The SMILES string of the molecule is COCCN1C(=O)[C@]2(SCCN2C(=O)Nc2cccc(Cl)c2)c2ccccc21. The predicted octanol–water partition coefficient (Wildman–Crippen LogP) is 3.77. The number of hydrogen-bond donors (Lipinski definition) is 1. The van der Waals surface area contributed by atoms with Gasteiger partial charge < -0.3 is 15.0 Å². The molecule has 4 rings (SSSR count). The molecule has 0 unspecified atom stereocenters. The zero-order valence-corrected chi connectivity index (χ0v) is 16.9. The van der Waals surface area contributed by atoms with Crippen LogP contribution in [0.3, 0.4) is 0 Å². The van der Waals surface area contributed by atoms with E-state index in [0.29, 0.717) is 36.2 Å². The minimum Gasteiger partial charge on any atom is -0.383 e. The lowest BCUT2D eigenvalue weighted by molar-refractivity contribution is -0.123. The molecule has 2 heterocycles. The monoisotopic (exact) mass is 417 g/mol. The number of nitrogens with zero attached hydrogens (tertiary/aromatic N) is 2. The summed E-state index contributed by atoms with van der Waals surface area (Å²) in [6.07, 6.45) is 0. The Morgan fingerprint density at radius 2 is 2.11 bits per heavy atom. The molecule has 1 spiro atoms. The summed E-state index contributed by atoms with van der Waals surface area (Å²) in [5.74, 6) is 0.579. The minimum absolute atomic E-state index is 0.102. The number of ether oxygens (including phenoxy) is 1. The molecular weight excluding hydrogens is 398 g/mol. The van der Waals surface area contributed by atoms with Crippen molar-refractivity contribution in [2.24, 2.45) is 0 Å². The van der Waals surface area contributed by atoms with Crippen LogP contribution in [0.4, 0.5) is 16.2 Å². The van der Waals surface area contributed by atoms with Crippen molar-refractivity contribution in [3.63, 3.8) is 0 Å². The Labute approximate surface area is 172 Å². The van der Waals surface area contributed by atoms with E-state index in [1.807, 2.05) is 24.3 Å². The van der Waals surface area contributed by atoms with Gasteiger partial charge in [-0.3, -0.25) is 9.69 Å². The van der Waals surface area contributed by atoms with Gasteiger partial charge in [0.2, 0.25) is 0 Å². The molecule has 6 nitrogen and oxygen atoms in total. The summed E-state index contributed by atoms with van der Waals surface area (Å²) in [4.78, 5) is 28.9. The molecule has 3 amide bonds. The van der Waals surface area contributed by atoms with Gasteiger partial charge in [0.25, 0.3) is 5.91 Å². The smallest absolute Gasteiger partial charge is 0.323 e. The number of carbonyl (C=O) groups excluding carboxylic acids is 2. The minimum atomic E-state index is -1.05. The number of rotatable bonds is 4. The fraction of sp³-hybridized carbons (Fsp3) is 0.300. The van der Waals surface area contributed by atoms with Crippen LogP contribution >= 0.6 is 23.4 Å². The lowest BCUT2D eigenvalue weighted by Crippen LogP contribution is -2.52. The van der Waals surface area contributed by atoms with E-state index < -0.39 is 4.87 Å². The summed E-state index contributed by atoms with van der Waals surface area (Å²) >= 11 is 7.52. The number of carbonyl (C=O) groups is 2. The Bertz CT molecular complexity index is 925. The number of methoxy groups -OCH3 is 1. The van der Waals surface area contributed by atoms with Crippen molar-refractivity contribution in [3.05, 3.63) is 59.1 Å². The Balaban J connectivity index is 1.69. The zero-order chi connectivity index (χ0) is 19.7. The highest BCUT2D eigenvalue weighted by Crippen LogP contribution is 2.54. The van der Waals surface area contributed by atoms with E-state index in [4.69, 9.17) is 16.3 Å². The lowest BCUT2D eigenvalue weighted by Gasteiger charge is -2.33. The Morgan fingerprint density at radius 1 is 1.29 bits per heavy atom. The van der Waals surface area contributed by atoms with Crippen LogP contribution in [0, 0.1) is 0 Å². The molecule has 8 heteroatoms. The standard InChI is InChI=1S/C20H20ClN3O3S/c1-27-11-9-23-17-8-3-2-7-16(17)20(18(23)25)24(10-12-28-20)19(26)22-15-6-4-5-14(21)13-15/h2-8,13H,9-12H2,1H3,(H,22,26)/t20-/m1/s1. The Morgan fingerprint density at radius 3 is 2.89 bits per heavy atom. The number of thioether (sulfide) groups is 1. The fourth-order valence-electron chi connectivity index (χ4n) is 3.73. The fourth-order valence-corrected chi connectivity index (χ4v) is 5.38. The van der Waals surface area contributed by atoms with Gasteiger partial charge in [-0.2, -0.15) is 0 Å². The number of hydrogen-bond acceptors (Lipinski definition) is 4. The average molecular weight is 418 g/mol. The number of amides is 3. The molecule has 1 atom stereocenters. The third kappa shape index (κ3) is 3.03. The van der Waals surface area contributed by atoms with Crippen molar-refractivity contribution >= 4 is 46.7 Å². The molecule has 146 valence electrons. The Kier molecular flexibility index (Phi) is 5.23. The van der Waals surface area contributed by atoms with Crippen molar-refractivity contribution < 1.29 is 14.3 Å². The second-order valence-electron chi connectivity index (χ2n) is 6.55. The number of anilines is 2. The normalized spacial score (nSPS) is 20.7. The first-order chi connectivity index (χ1) is 13.6. The molecule has 1 N–H and O–H groups in total. The van der Waals surface area contributed by atoms with Crippen molar-refractivity contribution in [1.82, 2.24) is 4.90 Å². The first-order valence-corrected chi connectivity index (χ1v) is 10.3. The van der Waals surface area contributed by atoms with Crippen LogP contribution < -0.4 is 10.2 Å². The number of benzene rings is 2. The number of fused-ring (bicyclic) bond motifs is 2. The van der Waals surface area contributed by atoms with Crippen LogP contribution in [0.15, 0.2) is 48.5 Å². The highest BCUT2D eigenvalue weighted by Gasteiger charge is 2.59. The molecular formula is C20H20ClN3O3S. The Hall–Kier alpha value is -2.22. The quantitative estimate of drug-likeness (QED) is 0.822. The molecule has 28 heavy (non-hydrogen) atoms. The van der Waals surface area contributed by atoms with Gasteiger partial charge in [-0.05, 0) is 24.3 Å². The molecule has 1 saturated heterocycles. The average Bonchev–Trinajstić information content (AvgIpc) is 3.23. The maximum Gasteiger partial charge on any atom is 0.323 e. The van der Waals surface area contributed by atoms with E-state index in [9.17, 15) is 9.59 Å². The maximum absolute atomic E-state index is 13.5. The van der Waals surface area contributed by atoms with E-state index in [1.165, 1.54) is 11.8 Å². The van der Waals surface area contributed by atoms with Gasteiger partial charge in [0, 0.05) is 42.2 Å². The van der Waals surface area contributed by atoms with E-state index in [2.05, 4.69) is 5.32 Å². The van der Waals surface area contributed by atoms with Crippen molar-refractivity contribution in [3.8, 4) is 0 Å². The number of nitrogens with one attached hydrogen (secondary N) is 1. The van der Waals surface area contributed by atoms with Gasteiger partial charge in [-0.1, -0.05) is 35.9 Å². The van der Waals surface area contributed by atoms with Crippen LogP contribution in [0.2, 0.25) is 5.02 Å².